The molecule has 94 valence electrons. The zero-order valence-corrected chi connectivity index (χ0v) is 11.6. The highest BCUT2D eigenvalue weighted by molar-refractivity contribution is 9.08. The molecule has 2 rings (SSSR count). The minimum absolute atomic E-state index is 0.0825. The Balaban J connectivity index is 2.14. The van der Waals surface area contributed by atoms with Gasteiger partial charge in [-0.1, -0.05) is 39.8 Å². The number of rotatable bonds is 3. The van der Waals surface area contributed by atoms with E-state index >= 15 is 0 Å². The summed E-state index contributed by atoms with van der Waals surface area (Å²) in [6.45, 7) is 0. The first-order valence-corrected chi connectivity index (χ1v) is 7.18. The normalized spacial score (nSPS) is 17.7. The fourth-order valence-electron chi connectivity index (χ4n) is 1.36. The van der Waals surface area contributed by atoms with Crippen LogP contribution in [0, 0.1) is 5.82 Å². The highest BCUT2D eigenvalue weighted by atomic mass is 79.9. The SMILES string of the molecule is O=C1CSC(=NN=Cc2cccc(F)c2CBr)N1. The van der Waals surface area contributed by atoms with Gasteiger partial charge >= 0.3 is 0 Å². The summed E-state index contributed by atoms with van der Waals surface area (Å²) in [5, 5.41) is 11.1. The maximum Gasteiger partial charge on any atom is 0.236 e. The lowest BCUT2D eigenvalue weighted by Gasteiger charge is -2.02. The lowest BCUT2D eigenvalue weighted by molar-refractivity contribution is -0.116. The molecule has 1 aliphatic heterocycles. The van der Waals surface area contributed by atoms with E-state index in [1.165, 1.54) is 24.0 Å². The molecule has 0 aliphatic carbocycles. The van der Waals surface area contributed by atoms with Crippen molar-refractivity contribution < 1.29 is 9.18 Å². The summed E-state index contributed by atoms with van der Waals surface area (Å²) in [7, 11) is 0. The van der Waals surface area contributed by atoms with Crippen LogP contribution in [-0.2, 0) is 10.1 Å². The number of nitrogens with one attached hydrogen (secondary N) is 1. The number of amidine groups is 1. The average molecular weight is 330 g/mol. The third-order valence-electron chi connectivity index (χ3n) is 2.22. The predicted molar refractivity (Wildman–Crippen MR) is 74.7 cm³/mol. The number of nitrogens with zero attached hydrogens (tertiary/aromatic N) is 2. The molecule has 0 unspecified atom stereocenters. The number of hydrogen-bond acceptors (Lipinski definition) is 4. The minimum atomic E-state index is -0.285. The molecule has 1 aromatic carbocycles. The number of benzene rings is 1. The number of carbonyl (C=O) groups is 1. The predicted octanol–water partition coefficient (Wildman–Crippen LogP) is 2.27. The maximum atomic E-state index is 13.4. The van der Waals surface area contributed by atoms with E-state index in [9.17, 15) is 9.18 Å². The van der Waals surface area contributed by atoms with Gasteiger partial charge in [0.25, 0.3) is 0 Å². The molecule has 1 N–H and O–H groups in total. The monoisotopic (exact) mass is 329 g/mol. The molecule has 1 heterocycles. The fraction of sp³-hybridized carbons (Fsp3) is 0.182. The number of carbonyl (C=O) groups excluding carboxylic acids is 1. The standard InChI is InChI=1S/C11H9BrFN3OS/c12-4-8-7(2-1-3-9(8)13)5-14-16-11-15-10(17)6-18-11/h1-3,5H,4,6H2,(H,15,16,17). The molecule has 1 amide bonds. The fourth-order valence-corrected chi connectivity index (χ4v) is 2.58. The molecule has 1 fully saturated rings. The molecule has 0 aromatic heterocycles. The third kappa shape index (κ3) is 3.17. The lowest BCUT2D eigenvalue weighted by Crippen LogP contribution is -2.19. The van der Waals surface area contributed by atoms with Crippen molar-refractivity contribution in [2.45, 2.75) is 5.33 Å². The van der Waals surface area contributed by atoms with Gasteiger partial charge < -0.3 is 5.32 Å². The number of halogens is 2. The van der Waals surface area contributed by atoms with Gasteiger partial charge in [-0.05, 0) is 6.07 Å². The Kier molecular flexibility index (Phi) is 4.48. The Morgan fingerprint density at radius 2 is 2.39 bits per heavy atom. The molecule has 0 atom stereocenters. The summed E-state index contributed by atoms with van der Waals surface area (Å²) in [4.78, 5) is 10.9. The van der Waals surface area contributed by atoms with Gasteiger partial charge in [0.15, 0.2) is 5.17 Å². The first kappa shape index (κ1) is 13.2. The van der Waals surface area contributed by atoms with Crippen LogP contribution < -0.4 is 5.32 Å². The van der Waals surface area contributed by atoms with Gasteiger partial charge in [-0.2, -0.15) is 5.10 Å². The molecule has 0 spiro atoms. The molecular formula is C11H9BrFN3OS. The van der Waals surface area contributed by atoms with Crippen molar-refractivity contribution in [1.29, 1.82) is 0 Å². The largest absolute Gasteiger partial charge is 0.303 e. The molecular weight excluding hydrogens is 321 g/mol. The van der Waals surface area contributed by atoms with Crippen molar-refractivity contribution in [2.75, 3.05) is 5.75 Å². The van der Waals surface area contributed by atoms with Crippen molar-refractivity contribution >= 4 is 45.0 Å². The summed E-state index contributed by atoms with van der Waals surface area (Å²) in [6.07, 6.45) is 1.47. The highest BCUT2D eigenvalue weighted by Gasteiger charge is 2.15. The molecule has 18 heavy (non-hydrogen) atoms. The van der Waals surface area contributed by atoms with E-state index in [1.54, 1.807) is 12.1 Å². The van der Waals surface area contributed by atoms with Crippen LogP contribution in [0.4, 0.5) is 4.39 Å². The van der Waals surface area contributed by atoms with E-state index in [1.807, 2.05) is 0 Å². The minimum Gasteiger partial charge on any atom is -0.303 e. The Hall–Kier alpha value is -1.21. The van der Waals surface area contributed by atoms with Crippen LogP contribution in [0.3, 0.4) is 0 Å². The van der Waals surface area contributed by atoms with E-state index in [4.69, 9.17) is 0 Å². The van der Waals surface area contributed by atoms with Gasteiger partial charge in [-0.15, -0.1) is 5.10 Å². The molecule has 0 radical (unpaired) electrons. The van der Waals surface area contributed by atoms with Crippen molar-refractivity contribution in [3.8, 4) is 0 Å². The van der Waals surface area contributed by atoms with Crippen LogP contribution in [0.1, 0.15) is 11.1 Å². The number of amides is 1. The second-order valence-corrected chi connectivity index (χ2v) is 4.95. The summed E-state index contributed by atoms with van der Waals surface area (Å²) in [6, 6.07) is 4.76. The van der Waals surface area contributed by atoms with Crippen molar-refractivity contribution in [3.63, 3.8) is 0 Å². The van der Waals surface area contributed by atoms with Crippen LogP contribution >= 0.6 is 27.7 Å². The van der Waals surface area contributed by atoms with Crippen molar-refractivity contribution in [1.82, 2.24) is 5.32 Å². The van der Waals surface area contributed by atoms with Crippen molar-refractivity contribution in [3.05, 3.63) is 35.1 Å². The maximum absolute atomic E-state index is 13.4. The number of hydrogen-bond donors (Lipinski definition) is 1. The van der Waals surface area contributed by atoms with E-state index < -0.39 is 0 Å². The summed E-state index contributed by atoms with van der Waals surface area (Å²) in [5.41, 5.74) is 1.19. The zero-order chi connectivity index (χ0) is 13.0. The Labute approximate surface area is 116 Å². The van der Waals surface area contributed by atoms with Gasteiger partial charge in [0.05, 0.1) is 12.0 Å². The molecule has 1 aliphatic rings. The number of thioether (sulfide) groups is 1. The van der Waals surface area contributed by atoms with Crippen LogP contribution in [0.5, 0.6) is 0 Å². The topological polar surface area (TPSA) is 53.8 Å². The van der Waals surface area contributed by atoms with E-state index in [0.29, 0.717) is 27.4 Å². The third-order valence-corrected chi connectivity index (χ3v) is 3.64. The van der Waals surface area contributed by atoms with E-state index in [0.717, 1.165) is 0 Å². The zero-order valence-electron chi connectivity index (χ0n) is 9.19. The lowest BCUT2D eigenvalue weighted by atomic mass is 10.1. The van der Waals surface area contributed by atoms with Crippen molar-refractivity contribution in [2.24, 2.45) is 10.2 Å². The van der Waals surface area contributed by atoms with Crippen LogP contribution in [0.15, 0.2) is 28.4 Å². The van der Waals surface area contributed by atoms with Crippen LogP contribution in [0.2, 0.25) is 0 Å². The van der Waals surface area contributed by atoms with Gasteiger partial charge in [0.1, 0.15) is 5.82 Å². The van der Waals surface area contributed by atoms with Gasteiger partial charge in [-0.3, -0.25) is 4.79 Å². The average Bonchev–Trinajstić information content (AvgIpc) is 2.75. The molecule has 1 aromatic rings. The summed E-state index contributed by atoms with van der Waals surface area (Å²) >= 11 is 4.52. The first-order chi connectivity index (χ1) is 8.70. The van der Waals surface area contributed by atoms with Crippen LogP contribution in [-0.4, -0.2) is 23.0 Å². The second kappa shape index (κ2) is 6.10. The van der Waals surface area contributed by atoms with Gasteiger partial charge in [-0.25, -0.2) is 4.39 Å². The quantitative estimate of drug-likeness (QED) is 0.525. The smallest absolute Gasteiger partial charge is 0.236 e. The summed E-state index contributed by atoms with van der Waals surface area (Å²) < 4.78 is 13.4. The highest BCUT2D eigenvalue weighted by Crippen LogP contribution is 2.15. The molecule has 4 nitrogen and oxygen atoms in total. The summed E-state index contributed by atoms with van der Waals surface area (Å²) in [5.74, 6) is -0.00564. The Morgan fingerprint density at radius 3 is 3.06 bits per heavy atom. The molecule has 0 bridgehead atoms. The van der Waals surface area contributed by atoms with Crippen LogP contribution in [0.25, 0.3) is 0 Å². The molecule has 1 saturated heterocycles. The first-order valence-electron chi connectivity index (χ1n) is 5.07. The van der Waals surface area contributed by atoms with E-state index in [2.05, 4.69) is 31.4 Å². The Bertz CT molecular complexity index is 533. The van der Waals surface area contributed by atoms with Gasteiger partial charge in [0.2, 0.25) is 5.91 Å². The molecule has 0 saturated carbocycles. The second-order valence-electron chi connectivity index (χ2n) is 3.43. The molecule has 7 heteroatoms. The van der Waals surface area contributed by atoms with E-state index in [-0.39, 0.29) is 11.7 Å². The van der Waals surface area contributed by atoms with Gasteiger partial charge in [0, 0.05) is 16.5 Å². The Morgan fingerprint density at radius 1 is 1.56 bits per heavy atom. The number of alkyl halides is 1.